The highest BCUT2D eigenvalue weighted by Gasteiger charge is 2.40. The third-order valence-electron chi connectivity index (χ3n) is 3.47. The Labute approximate surface area is 132 Å². The fourth-order valence-electron chi connectivity index (χ4n) is 2.26. The van der Waals surface area contributed by atoms with Crippen molar-refractivity contribution in [2.75, 3.05) is 11.1 Å². The Kier molecular flexibility index (Phi) is 5.00. The lowest BCUT2D eigenvalue weighted by molar-refractivity contribution is -0.141. The molecule has 0 spiro atoms. The molecular weight excluding hydrogens is 312 g/mol. The van der Waals surface area contributed by atoms with Gasteiger partial charge in [-0.05, 0) is 31.0 Å². The molecule has 0 bridgehead atoms. The van der Waals surface area contributed by atoms with Gasteiger partial charge in [-0.25, -0.2) is 9.59 Å². The summed E-state index contributed by atoms with van der Waals surface area (Å²) >= 11 is 7.52. The molecule has 2 N–H and O–H groups in total. The molecule has 0 aromatic heterocycles. The van der Waals surface area contributed by atoms with E-state index < -0.39 is 18.0 Å². The first-order chi connectivity index (χ1) is 9.95. The van der Waals surface area contributed by atoms with Crippen molar-refractivity contribution in [1.29, 1.82) is 0 Å². The molecule has 1 aliphatic rings. The van der Waals surface area contributed by atoms with Crippen LogP contribution in [0, 0.1) is 6.92 Å². The average Bonchev–Trinajstić information content (AvgIpc) is 2.88. The van der Waals surface area contributed by atoms with Gasteiger partial charge in [0.05, 0.1) is 5.37 Å². The Morgan fingerprint density at radius 3 is 2.86 bits per heavy atom. The minimum Gasteiger partial charge on any atom is -0.480 e. The first kappa shape index (κ1) is 16.0. The Balaban J connectivity index is 2.21. The van der Waals surface area contributed by atoms with E-state index in [2.05, 4.69) is 5.32 Å². The van der Waals surface area contributed by atoms with Crippen molar-refractivity contribution in [1.82, 2.24) is 4.90 Å². The molecule has 2 atom stereocenters. The van der Waals surface area contributed by atoms with Crippen molar-refractivity contribution in [3.63, 3.8) is 0 Å². The maximum Gasteiger partial charge on any atom is 0.327 e. The number of thioether (sulfide) groups is 1. The van der Waals surface area contributed by atoms with Crippen LogP contribution in [-0.2, 0) is 4.79 Å². The van der Waals surface area contributed by atoms with Crippen molar-refractivity contribution in [3.05, 3.63) is 28.8 Å². The van der Waals surface area contributed by atoms with Crippen LogP contribution in [0.5, 0.6) is 0 Å². The van der Waals surface area contributed by atoms with E-state index in [-0.39, 0.29) is 5.37 Å². The number of carboxylic acid groups (broad SMARTS) is 1. The molecule has 2 amide bonds. The quantitative estimate of drug-likeness (QED) is 0.892. The summed E-state index contributed by atoms with van der Waals surface area (Å²) in [5, 5.41) is 12.5. The number of carbonyl (C=O) groups is 2. The monoisotopic (exact) mass is 328 g/mol. The number of nitrogens with one attached hydrogen (secondary N) is 1. The molecular formula is C14H17ClN2O3S. The third kappa shape index (κ3) is 3.27. The zero-order valence-corrected chi connectivity index (χ0v) is 13.4. The normalized spacial score (nSPS) is 21.4. The standard InChI is InChI=1S/C14H17ClN2O3S/c1-3-12-17(11(7-21-12)13(18)19)14(20)16-10-6-4-5-9(15)8(10)2/h4-6,11-12H,3,7H2,1-2H3,(H,16,20)(H,18,19). The molecule has 1 aromatic carbocycles. The summed E-state index contributed by atoms with van der Waals surface area (Å²) in [4.78, 5) is 25.2. The van der Waals surface area contributed by atoms with Gasteiger partial charge in [-0.15, -0.1) is 11.8 Å². The molecule has 1 heterocycles. The van der Waals surface area contributed by atoms with Crippen molar-refractivity contribution < 1.29 is 14.7 Å². The Hall–Kier alpha value is -1.40. The van der Waals surface area contributed by atoms with Gasteiger partial charge < -0.3 is 10.4 Å². The number of hydrogen-bond donors (Lipinski definition) is 2. The van der Waals surface area contributed by atoms with Crippen LogP contribution in [0.4, 0.5) is 10.5 Å². The highest BCUT2D eigenvalue weighted by atomic mass is 35.5. The summed E-state index contributed by atoms with van der Waals surface area (Å²) in [7, 11) is 0. The number of amides is 2. The van der Waals surface area contributed by atoms with Gasteiger partial charge in [0.25, 0.3) is 0 Å². The Morgan fingerprint density at radius 1 is 1.52 bits per heavy atom. The van der Waals surface area contributed by atoms with E-state index in [1.54, 1.807) is 18.2 Å². The lowest BCUT2D eigenvalue weighted by Gasteiger charge is -2.27. The molecule has 1 fully saturated rings. The molecule has 5 nitrogen and oxygen atoms in total. The molecule has 1 aliphatic heterocycles. The Morgan fingerprint density at radius 2 is 2.24 bits per heavy atom. The number of nitrogens with zero attached hydrogens (tertiary/aromatic N) is 1. The van der Waals surface area contributed by atoms with E-state index in [9.17, 15) is 14.7 Å². The first-order valence-corrected chi connectivity index (χ1v) is 8.07. The molecule has 2 unspecified atom stereocenters. The Bertz CT molecular complexity index is 567. The number of halogens is 1. The molecule has 114 valence electrons. The minimum absolute atomic E-state index is 0.120. The van der Waals surface area contributed by atoms with E-state index in [0.29, 0.717) is 22.9 Å². The summed E-state index contributed by atoms with van der Waals surface area (Å²) in [6.45, 7) is 3.75. The first-order valence-electron chi connectivity index (χ1n) is 6.64. The van der Waals surface area contributed by atoms with E-state index in [1.807, 2.05) is 13.8 Å². The topological polar surface area (TPSA) is 69.6 Å². The number of urea groups is 1. The number of benzene rings is 1. The van der Waals surface area contributed by atoms with Gasteiger partial charge in [0.15, 0.2) is 0 Å². The molecule has 1 aromatic rings. The SMILES string of the molecule is CCC1SCC(C(=O)O)N1C(=O)Nc1cccc(Cl)c1C. The number of aliphatic carboxylic acids is 1. The second-order valence-corrected chi connectivity index (χ2v) is 6.42. The van der Waals surface area contributed by atoms with Crippen molar-refractivity contribution >= 4 is 41.1 Å². The lowest BCUT2D eigenvalue weighted by atomic mass is 10.2. The van der Waals surface area contributed by atoms with Crippen LogP contribution in [0.25, 0.3) is 0 Å². The van der Waals surface area contributed by atoms with Crippen LogP contribution >= 0.6 is 23.4 Å². The van der Waals surface area contributed by atoms with Crippen molar-refractivity contribution in [3.8, 4) is 0 Å². The number of rotatable bonds is 3. The van der Waals surface area contributed by atoms with Gasteiger partial charge in [-0.2, -0.15) is 0 Å². The summed E-state index contributed by atoms with van der Waals surface area (Å²) in [5.74, 6) is -0.563. The zero-order valence-electron chi connectivity index (χ0n) is 11.8. The predicted octanol–water partition coefficient (Wildman–Crippen LogP) is 3.42. The second-order valence-electron chi connectivity index (χ2n) is 4.80. The number of carbonyl (C=O) groups excluding carboxylic acids is 1. The molecule has 7 heteroatoms. The fraction of sp³-hybridized carbons (Fsp3) is 0.429. The van der Waals surface area contributed by atoms with Crippen molar-refractivity contribution in [2.45, 2.75) is 31.7 Å². The number of anilines is 1. The van der Waals surface area contributed by atoms with Crippen LogP contribution in [0.3, 0.4) is 0 Å². The van der Waals surface area contributed by atoms with Gasteiger partial charge in [0, 0.05) is 16.5 Å². The predicted molar refractivity (Wildman–Crippen MR) is 85.0 cm³/mol. The maximum atomic E-state index is 12.5. The smallest absolute Gasteiger partial charge is 0.327 e. The molecule has 0 aliphatic carbocycles. The van der Waals surface area contributed by atoms with Crippen LogP contribution in [-0.4, -0.2) is 39.2 Å². The molecule has 0 saturated carbocycles. The fourth-order valence-corrected chi connectivity index (χ4v) is 3.78. The maximum absolute atomic E-state index is 12.5. The minimum atomic E-state index is -0.976. The van der Waals surface area contributed by atoms with Gasteiger partial charge in [-0.3, -0.25) is 4.90 Å². The summed E-state index contributed by atoms with van der Waals surface area (Å²) in [6, 6.07) is 4.05. The van der Waals surface area contributed by atoms with Gasteiger partial charge >= 0.3 is 12.0 Å². The lowest BCUT2D eigenvalue weighted by Crippen LogP contribution is -2.47. The van der Waals surface area contributed by atoms with Gasteiger partial charge in [0.1, 0.15) is 6.04 Å². The third-order valence-corrected chi connectivity index (χ3v) is 5.33. The van der Waals surface area contributed by atoms with Crippen LogP contribution in [0.1, 0.15) is 18.9 Å². The van der Waals surface area contributed by atoms with Crippen LogP contribution < -0.4 is 5.32 Å². The van der Waals surface area contributed by atoms with E-state index >= 15 is 0 Å². The molecule has 2 rings (SSSR count). The highest BCUT2D eigenvalue weighted by Crippen LogP contribution is 2.32. The summed E-state index contributed by atoms with van der Waals surface area (Å²) in [5.41, 5.74) is 1.36. The van der Waals surface area contributed by atoms with Crippen LogP contribution in [0.2, 0.25) is 5.02 Å². The molecule has 1 saturated heterocycles. The average molecular weight is 329 g/mol. The van der Waals surface area contributed by atoms with Crippen LogP contribution in [0.15, 0.2) is 18.2 Å². The second kappa shape index (κ2) is 6.58. The zero-order chi connectivity index (χ0) is 15.6. The number of hydrogen-bond acceptors (Lipinski definition) is 3. The molecule has 21 heavy (non-hydrogen) atoms. The molecule has 0 radical (unpaired) electrons. The summed E-state index contributed by atoms with van der Waals surface area (Å²) < 4.78 is 0. The van der Waals surface area contributed by atoms with Crippen molar-refractivity contribution in [2.24, 2.45) is 0 Å². The van der Waals surface area contributed by atoms with Gasteiger partial charge in [-0.1, -0.05) is 24.6 Å². The highest BCUT2D eigenvalue weighted by molar-refractivity contribution is 8.00. The van der Waals surface area contributed by atoms with E-state index in [1.165, 1.54) is 16.7 Å². The van der Waals surface area contributed by atoms with E-state index in [0.717, 1.165) is 5.56 Å². The largest absolute Gasteiger partial charge is 0.480 e. The summed E-state index contributed by atoms with van der Waals surface area (Å²) in [6.07, 6.45) is 0.705. The van der Waals surface area contributed by atoms with E-state index in [4.69, 9.17) is 11.6 Å². The number of carboxylic acids is 1. The van der Waals surface area contributed by atoms with Gasteiger partial charge in [0.2, 0.25) is 0 Å².